The van der Waals surface area contributed by atoms with E-state index in [1.807, 2.05) is 55.6 Å². The molecule has 0 aliphatic rings. The summed E-state index contributed by atoms with van der Waals surface area (Å²) in [5.41, 5.74) is 12.6. The lowest BCUT2D eigenvalue weighted by Gasteiger charge is -2.12. The molecule has 0 spiro atoms. The second kappa shape index (κ2) is 10.3. The molecule has 5 rings (SSSR count). The third-order valence-electron chi connectivity index (χ3n) is 6.12. The van der Waals surface area contributed by atoms with Crippen molar-refractivity contribution in [2.75, 3.05) is 18.6 Å². The Balaban J connectivity index is 1.58. The first-order valence-corrected chi connectivity index (χ1v) is 13.8. The summed E-state index contributed by atoms with van der Waals surface area (Å²) in [5.74, 6) is 1.13. The number of ether oxygens (including phenoxy) is 1. The quantitative estimate of drug-likeness (QED) is 0.305. The zero-order valence-corrected chi connectivity index (χ0v) is 21.5. The highest BCUT2D eigenvalue weighted by Crippen LogP contribution is 2.32. The van der Waals surface area contributed by atoms with Crippen LogP contribution in [0.15, 0.2) is 67.0 Å². The first-order chi connectivity index (χ1) is 17.8. The number of rotatable bonds is 9. The summed E-state index contributed by atoms with van der Waals surface area (Å²) >= 11 is 0. The lowest BCUT2D eigenvalue weighted by atomic mass is 10.0. The van der Waals surface area contributed by atoms with Gasteiger partial charge in [-0.05, 0) is 35.7 Å². The van der Waals surface area contributed by atoms with E-state index in [-0.39, 0.29) is 6.54 Å². The Kier molecular flexibility index (Phi) is 6.88. The predicted octanol–water partition coefficient (Wildman–Crippen LogP) is 3.86. The molecule has 5 aromatic rings. The van der Waals surface area contributed by atoms with Crippen LogP contribution in [0.4, 0.5) is 5.82 Å². The van der Waals surface area contributed by atoms with Gasteiger partial charge in [-0.3, -0.25) is 4.98 Å². The van der Waals surface area contributed by atoms with Gasteiger partial charge in [0.25, 0.3) is 0 Å². The van der Waals surface area contributed by atoms with Crippen molar-refractivity contribution in [2.45, 2.75) is 26.6 Å². The fraction of sp³-hybridized carbons (Fsp3) is 0.222. The second-order valence-corrected chi connectivity index (χ2v) is 10.7. The summed E-state index contributed by atoms with van der Waals surface area (Å²) in [6.07, 6.45) is 4.72. The number of benzene rings is 2. The number of imidazole rings is 1. The normalized spacial score (nSPS) is 11.9. The number of pyridine rings is 2. The molecule has 3 aromatic heterocycles. The summed E-state index contributed by atoms with van der Waals surface area (Å²) in [4.78, 5) is 13.7. The Morgan fingerprint density at radius 3 is 2.51 bits per heavy atom. The topological polar surface area (TPSA) is 125 Å². The maximum Gasteiger partial charge on any atom is 0.209 e. The zero-order valence-electron chi connectivity index (χ0n) is 20.7. The van der Waals surface area contributed by atoms with Crippen LogP contribution in [0.2, 0.25) is 0 Å². The Morgan fingerprint density at radius 1 is 1.03 bits per heavy atom. The van der Waals surface area contributed by atoms with E-state index >= 15 is 0 Å². The number of nitrogen functional groups attached to an aromatic ring is 1. The van der Waals surface area contributed by atoms with Gasteiger partial charge in [0, 0.05) is 43.0 Å². The molecule has 0 fully saturated rings. The van der Waals surface area contributed by atoms with Gasteiger partial charge in [0.05, 0.1) is 17.3 Å². The fourth-order valence-corrected chi connectivity index (χ4v) is 4.73. The summed E-state index contributed by atoms with van der Waals surface area (Å²) in [6, 6.07) is 17.9. The van der Waals surface area contributed by atoms with E-state index in [0.29, 0.717) is 31.1 Å². The third-order valence-corrected chi connectivity index (χ3v) is 6.78. The monoisotopic (exact) mass is 516 g/mol. The first-order valence-electron chi connectivity index (χ1n) is 11.9. The predicted molar refractivity (Wildman–Crippen MR) is 145 cm³/mol. The SMILES string of the molecule is CCOCc1nc2c(N)nc3cc(-c4cccnc4)ccc3c2n1Cc1ccc(CNS(C)(=O)=O)cc1. The fourth-order valence-electron chi connectivity index (χ4n) is 4.30. The molecular weight excluding hydrogens is 488 g/mol. The van der Waals surface area contributed by atoms with Crippen molar-refractivity contribution < 1.29 is 13.2 Å². The third kappa shape index (κ3) is 5.46. The van der Waals surface area contributed by atoms with Gasteiger partial charge < -0.3 is 15.0 Å². The molecule has 3 heterocycles. The number of nitrogens with one attached hydrogen (secondary N) is 1. The second-order valence-electron chi connectivity index (χ2n) is 8.83. The van der Waals surface area contributed by atoms with E-state index in [0.717, 1.165) is 50.8 Å². The minimum absolute atomic E-state index is 0.245. The molecule has 0 atom stereocenters. The number of nitrogens with two attached hydrogens (primary N) is 1. The molecule has 0 bridgehead atoms. The number of sulfonamides is 1. The van der Waals surface area contributed by atoms with Crippen LogP contribution < -0.4 is 10.5 Å². The van der Waals surface area contributed by atoms with Crippen LogP contribution in [0.1, 0.15) is 23.9 Å². The first kappa shape index (κ1) is 24.8. The molecule has 3 N–H and O–H groups in total. The lowest BCUT2D eigenvalue weighted by molar-refractivity contribution is 0.126. The van der Waals surface area contributed by atoms with Crippen LogP contribution >= 0.6 is 0 Å². The summed E-state index contributed by atoms with van der Waals surface area (Å²) < 4.78 is 33.2. The van der Waals surface area contributed by atoms with Crippen molar-refractivity contribution in [1.82, 2.24) is 24.2 Å². The van der Waals surface area contributed by atoms with Crippen LogP contribution in [-0.2, 0) is 34.5 Å². The van der Waals surface area contributed by atoms with Gasteiger partial charge in [0.1, 0.15) is 17.9 Å². The molecule has 0 aliphatic heterocycles. The van der Waals surface area contributed by atoms with Crippen molar-refractivity contribution in [2.24, 2.45) is 0 Å². The van der Waals surface area contributed by atoms with E-state index in [9.17, 15) is 8.42 Å². The maximum absolute atomic E-state index is 11.4. The van der Waals surface area contributed by atoms with Gasteiger partial charge in [-0.2, -0.15) is 0 Å². The van der Waals surface area contributed by atoms with Crippen molar-refractivity contribution >= 4 is 37.8 Å². The minimum Gasteiger partial charge on any atom is -0.382 e. The highest BCUT2D eigenvalue weighted by Gasteiger charge is 2.18. The number of fused-ring (bicyclic) bond motifs is 3. The average molecular weight is 517 g/mol. The Labute approximate surface area is 215 Å². The van der Waals surface area contributed by atoms with Crippen LogP contribution in [0, 0.1) is 0 Å². The van der Waals surface area contributed by atoms with E-state index in [4.69, 9.17) is 15.5 Å². The van der Waals surface area contributed by atoms with Crippen LogP contribution in [-0.4, -0.2) is 40.8 Å². The van der Waals surface area contributed by atoms with E-state index in [1.165, 1.54) is 0 Å². The van der Waals surface area contributed by atoms with E-state index < -0.39 is 10.0 Å². The Bertz CT molecular complexity index is 1670. The summed E-state index contributed by atoms with van der Waals surface area (Å²) in [6.45, 7) is 3.64. The van der Waals surface area contributed by atoms with E-state index in [2.05, 4.69) is 31.4 Å². The molecule has 37 heavy (non-hydrogen) atoms. The molecule has 10 heteroatoms. The Morgan fingerprint density at radius 2 is 1.81 bits per heavy atom. The van der Waals surface area contributed by atoms with Crippen molar-refractivity contribution in [3.8, 4) is 11.1 Å². The van der Waals surface area contributed by atoms with Crippen molar-refractivity contribution in [3.63, 3.8) is 0 Å². The molecule has 0 saturated heterocycles. The number of anilines is 1. The Hall–Kier alpha value is -3.86. The van der Waals surface area contributed by atoms with Crippen molar-refractivity contribution in [3.05, 3.63) is 83.9 Å². The molecule has 0 radical (unpaired) electrons. The standard InChI is InChI=1S/C27H28N6O3S/c1-3-36-17-24-32-25-26(33(24)16-19-8-6-18(7-9-19)14-30-37(2,34)35)22-11-10-20(13-23(22)31-27(25)28)21-5-4-12-29-15-21/h4-13,15,30H,3,14,16-17H2,1-2H3,(H2,28,31). The van der Waals surface area contributed by atoms with Crippen LogP contribution in [0.3, 0.4) is 0 Å². The van der Waals surface area contributed by atoms with Gasteiger partial charge in [0.15, 0.2) is 5.82 Å². The molecule has 2 aromatic carbocycles. The highest BCUT2D eigenvalue weighted by atomic mass is 32.2. The summed E-state index contributed by atoms with van der Waals surface area (Å²) in [7, 11) is -3.26. The minimum atomic E-state index is -3.26. The molecule has 9 nitrogen and oxygen atoms in total. The molecule has 190 valence electrons. The molecule has 0 amide bonds. The molecular formula is C27H28N6O3S. The van der Waals surface area contributed by atoms with Gasteiger partial charge in [-0.15, -0.1) is 0 Å². The lowest BCUT2D eigenvalue weighted by Crippen LogP contribution is -2.21. The van der Waals surface area contributed by atoms with Gasteiger partial charge in [-0.25, -0.2) is 23.1 Å². The molecule has 0 unspecified atom stereocenters. The van der Waals surface area contributed by atoms with Crippen LogP contribution in [0.25, 0.3) is 33.1 Å². The van der Waals surface area contributed by atoms with Crippen molar-refractivity contribution in [1.29, 1.82) is 0 Å². The maximum atomic E-state index is 11.4. The zero-order chi connectivity index (χ0) is 26.0. The summed E-state index contributed by atoms with van der Waals surface area (Å²) in [5, 5.41) is 0.945. The number of hydrogen-bond acceptors (Lipinski definition) is 7. The van der Waals surface area contributed by atoms with Crippen LogP contribution in [0.5, 0.6) is 0 Å². The largest absolute Gasteiger partial charge is 0.382 e. The number of aromatic nitrogens is 4. The van der Waals surface area contributed by atoms with Gasteiger partial charge >= 0.3 is 0 Å². The number of nitrogens with zero attached hydrogens (tertiary/aromatic N) is 4. The molecule has 0 aliphatic carbocycles. The van der Waals surface area contributed by atoms with Gasteiger partial charge in [-0.1, -0.05) is 42.5 Å². The van der Waals surface area contributed by atoms with E-state index in [1.54, 1.807) is 6.20 Å². The smallest absolute Gasteiger partial charge is 0.209 e. The van der Waals surface area contributed by atoms with Gasteiger partial charge in [0.2, 0.25) is 10.0 Å². The highest BCUT2D eigenvalue weighted by molar-refractivity contribution is 7.88. The number of hydrogen-bond donors (Lipinski definition) is 2. The molecule has 0 saturated carbocycles. The average Bonchev–Trinajstić information content (AvgIpc) is 3.25.